The number of nitrogens with zero attached hydrogens (tertiary/aromatic N) is 4. The highest BCUT2D eigenvalue weighted by molar-refractivity contribution is 5.84. The van der Waals surface area contributed by atoms with E-state index in [4.69, 9.17) is 0 Å². The van der Waals surface area contributed by atoms with Gasteiger partial charge in [0, 0.05) is 57.9 Å². The molecule has 29 heavy (non-hydrogen) atoms. The summed E-state index contributed by atoms with van der Waals surface area (Å²) in [6.45, 7) is 5.33. The lowest BCUT2D eigenvalue weighted by atomic mass is 9.90. The monoisotopic (exact) mass is 410 g/mol. The van der Waals surface area contributed by atoms with Crippen LogP contribution in [0.5, 0.6) is 0 Å². The maximum atomic E-state index is 12.7. The Bertz CT molecular complexity index is 693. The smallest absolute Gasteiger partial charge is 0.354 e. The molecule has 1 aliphatic carbocycles. The fraction of sp³-hybridized carbons (Fsp3) is 0.714. The van der Waals surface area contributed by atoms with Crippen molar-refractivity contribution in [3.63, 3.8) is 0 Å². The van der Waals surface area contributed by atoms with Crippen LogP contribution >= 0.6 is 0 Å². The molecule has 160 valence electrons. The maximum absolute atomic E-state index is 12.7. The van der Waals surface area contributed by atoms with Gasteiger partial charge in [0.05, 0.1) is 11.6 Å². The number of carbonyl (C=O) groups is 1. The third-order valence-electron chi connectivity index (χ3n) is 6.69. The summed E-state index contributed by atoms with van der Waals surface area (Å²) in [7, 11) is 0. The van der Waals surface area contributed by atoms with Gasteiger partial charge in [-0.25, -0.2) is 4.98 Å². The molecule has 1 aromatic rings. The van der Waals surface area contributed by atoms with Gasteiger partial charge >= 0.3 is 6.18 Å². The van der Waals surface area contributed by atoms with E-state index in [2.05, 4.69) is 19.7 Å². The van der Waals surface area contributed by atoms with E-state index in [9.17, 15) is 18.0 Å². The second-order valence-corrected chi connectivity index (χ2v) is 8.42. The van der Waals surface area contributed by atoms with Crippen molar-refractivity contribution < 1.29 is 18.0 Å². The number of likely N-dealkylation sites (tertiary alicyclic amines) is 1. The van der Waals surface area contributed by atoms with Crippen LogP contribution in [0.4, 0.5) is 19.0 Å². The first-order valence-corrected chi connectivity index (χ1v) is 10.7. The van der Waals surface area contributed by atoms with E-state index in [1.807, 2.05) is 0 Å². The van der Waals surface area contributed by atoms with Gasteiger partial charge in [-0.3, -0.25) is 14.6 Å². The molecule has 3 fully saturated rings. The molecule has 0 radical (unpaired) electrons. The summed E-state index contributed by atoms with van der Waals surface area (Å²) in [5.74, 6) is 1.04. The number of carbonyl (C=O) groups excluding carboxylic acids is 1. The summed E-state index contributed by atoms with van der Waals surface area (Å²) in [5, 5.41) is 0. The second-order valence-electron chi connectivity index (χ2n) is 8.42. The summed E-state index contributed by atoms with van der Waals surface area (Å²) >= 11 is 0. The Morgan fingerprint density at radius 1 is 0.897 bits per heavy atom. The first-order chi connectivity index (χ1) is 13.9. The van der Waals surface area contributed by atoms with Gasteiger partial charge in [0.15, 0.2) is 0 Å². The standard InChI is InChI=1S/C21H29F3N4O/c22-21(23,24)16-5-6-20(25-15-16)28-13-11-26(12-14-28)17-7-9-27(10-8-17)18-3-1-2-4-19(18)29/h5-6,15,17-18H,1-4,7-14H2. The van der Waals surface area contributed by atoms with Crippen molar-refractivity contribution in [1.82, 2.24) is 14.8 Å². The molecule has 1 aromatic heterocycles. The minimum atomic E-state index is -4.35. The van der Waals surface area contributed by atoms with E-state index in [0.717, 1.165) is 90.1 Å². The summed E-state index contributed by atoms with van der Waals surface area (Å²) < 4.78 is 38.1. The molecular weight excluding hydrogens is 381 g/mol. The Hall–Kier alpha value is -1.67. The molecule has 2 saturated heterocycles. The van der Waals surface area contributed by atoms with Crippen LogP contribution in [0.2, 0.25) is 0 Å². The Labute approximate surface area is 169 Å². The highest BCUT2D eigenvalue weighted by atomic mass is 19.4. The molecule has 0 bridgehead atoms. The molecule has 3 aliphatic rings. The molecular formula is C21H29F3N4O. The van der Waals surface area contributed by atoms with Crippen molar-refractivity contribution in [3.05, 3.63) is 23.9 Å². The van der Waals surface area contributed by atoms with E-state index >= 15 is 0 Å². The van der Waals surface area contributed by atoms with Crippen molar-refractivity contribution >= 4 is 11.6 Å². The Morgan fingerprint density at radius 3 is 2.21 bits per heavy atom. The van der Waals surface area contributed by atoms with Crippen molar-refractivity contribution in [3.8, 4) is 0 Å². The van der Waals surface area contributed by atoms with Crippen molar-refractivity contribution in [1.29, 1.82) is 0 Å². The number of rotatable bonds is 3. The van der Waals surface area contributed by atoms with Gasteiger partial charge in [-0.05, 0) is 37.8 Å². The predicted octanol–water partition coefficient (Wildman–Crippen LogP) is 3.20. The zero-order valence-corrected chi connectivity index (χ0v) is 16.7. The minimum absolute atomic E-state index is 0.146. The lowest BCUT2D eigenvalue weighted by molar-refractivity contribution is -0.137. The Balaban J connectivity index is 1.25. The molecule has 0 amide bonds. The van der Waals surface area contributed by atoms with Gasteiger partial charge in [-0.2, -0.15) is 13.2 Å². The van der Waals surface area contributed by atoms with Crippen molar-refractivity contribution in [2.24, 2.45) is 0 Å². The largest absolute Gasteiger partial charge is 0.417 e. The topological polar surface area (TPSA) is 39.7 Å². The quantitative estimate of drug-likeness (QED) is 0.765. The molecule has 1 unspecified atom stereocenters. The van der Waals surface area contributed by atoms with Crippen molar-refractivity contribution in [2.45, 2.75) is 56.8 Å². The molecule has 8 heteroatoms. The summed E-state index contributed by atoms with van der Waals surface area (Å²) in [4.78, 5) is 23.2. The SMILES string of the molecule is O=C1CCCCC1N1CCC(N2CCN(c3ccc(C(F)(F)F)cn3)CC2)CC1. The number of hydrogen-bond acceptors (Lipinski definition) is 5. The zero-order chi connectivity index (χ0) is 20.4. The number of anilines is 1. The molecule has 5 nitrogen and oxygen atoms in total. The molecule has 4 rings (SSSR count). The first-order valence-electron chi connectivity index (χ1n) is 10.7. The van der Waals surface area contributed by atoms with E-state index in [0.29, 0.717) is 17.6 Å². The lowest BCUT2D eigenvalue weighted by Gasteiger charge is -2.44. The number of ketones is 1. The number of piperazine rings is 1. The van der Waals surface area contributed by atoms with E-state index in [1.165, 1.54) is 6.07 Å². The molecule has 3 heterocycles. The van der Waals surface area contributed by atoms with Gasteiger partial charge < -0.3 is 4.90 Å². The number of aromatic nitrogens is 1. The molecule has 1 saturated carbocycles. The van der Waals surface area contributed by atoms with Gasteiger partial charge in [0.25, 0.3) is 0 Å². The molecule has 1 atom stereocenters. The van der Waals surface area contributed by atoms with Crippen LogP contribution in [0.3, 0.4) is 0 Å². The average Bonchev–Trinajstić information content (AvgIpc) is 2.74. The summed E-state index contributed by atoms with van der Waals surface area (Å²) in [5.41, 5.74) is -0.705. The lowest BCUT2D eigenvalue weighted by Crippen LogP contribution is -2.55. The number of hydrogen-bond donors (Lipinski definition) is 0. The van der Waals surface area contributed by atoms with E-state index < -0.39 is 11.7 Å². The van der Waals surface area contributed by atoms with Crippen LogP contribution in [0, 0.1) is 0 Å². The number of halogens is 3. The third kappa shape index (κ3) is 4.74. The first kappa shape index (κ1) is 20.6. The van der Waals surface area contributed by atoms with Crippen LogP contribution in [-0.2, 0) is 11.0 Å². The number of alkyl halides is 3. The van der Waals surface area contributed by atoms with Gasteiger partial charge in [-0.15, -0.1) is 0 Å². The fourth-order valence-electron chi connectivity index (χ4n) is 4.97. The van der Waals surface area contributed by atoms with Crippen molar-refractivity contribution in [2.75, 3.05) is 44.2 Å². The highest BCUT2D eigenvalue weighted by Gasteiger charge is 2.34. The molecule has 2 aliphatic heterocycles. The van der Waals surface area contributed by atoms with E-state index in [-0.39, 0.29) is 6.04 Å². The van der Waals surface area contributed by atoms with Gasteiger partial charge in [-0.1, -0.05) is 6.42 Å². The van der Waals surface area contributed by atoms with Gasteiger partial charge in [0.1, 0.15) is 11.6 Å². The number of piperidine rings is 1. The number of Topliss-reactive ketones (excluding diaryl/α,β-unsaturated/α-hetero) is 1. The number of pyridine rings is 1. The summed E-state index contributed by atoms with van der Waals surface area (Å²) in [6.07, 6.45) is 2.71. The van der Waals surface area contributed by atoms with E-state index in [1.54, 1.807) is 0 Å². The van der Waals surface area contributed by atoms with Crippen LogP contribution in [0.25, 0.3) is 0 Å². The normalized spacial score (nSPS) is 26.1. The molecule has 0 aromatic carbocycles. The summed E-state index contributed by atoms with van der Waals surface area (Å²) in [6, 6.07) is 3.26. The van der Waals surface area contributed by atoms with Crippen LogP contribution in [0.15, 0.2) is 18.3 Å². The molecule has 0 spiro atoms. The third-order valence-corrected chi connectivity index (χ3v) is 6.69. The van der Waals surface area contributed by atoms with Gasteiger partial charge in [0.2, 0.25) is 0 Å². The Kier molecular flexibility index (Phi) is 6.11. The van der Waals surface area contributed by atoms with Crippen LogP contribution in [-0.4, -0.2) is 71.9 Å². The average molecular weight is 410 g/mol. The second kappa shape index (κ2) is 8.60. The zero-order valence-electron chi connectivity index (χ0n) is 16.7. The maximum Gasteiger partial charge on any atom is 0.417 e. The fourth-order valence-corrected chi connectivity index (χ4v) is 4.97. The van der Waals surface area contributed by atoms with Crippen LogP contribution < -0.4 is 4.90 Å². The Morgan fingerprint density at radius 2 is 1.62 bits per heavy atom. The molecule has 0 N–H and O–H groups in total. The minimum Gasteiger partial charge on any atom is -0.354 e. The highest BCUT2D eigenvalue weighted by Crippen LogP contribution is 2.30. The van der Waals surface area contributed by atoms with Crippen LogP contribution in [0.1, 0.15) is 44.1 Å². The predicted molar refractivity (Wildman–Crippen MR) is 105 cm³/mol.